The summed E-state index contributed by atoms with van der Waals surface area (Å²) in [6, 6.07) is 12.1. The lowest BCUT2D eigenvalue weighted by atomic mass is 10.2. The van der Waals surface area contributed by atoms with Crippen LogP contribution in [0.2, 0.25) is 5.02 Å². The Morgan fingerprint density at radius 2 is 1.82 bits per heavy atom. The Bertz CT molecular complexity index is 695. The third-order valence-corrected chi connectivity index (χ3v) is 3.20. The molecule has 5 heteroatoms. The molecule has 0 bridgehead atoms. The van der Waals surface area contributed by atoms with Crippen LogP contribution < -0.4 is 14.2 Å². The summed E-state index contributed by atoms with van der Waals surface area (Å²) >= 11 is 5.93. The Balaban J connectivity index is 2.11. The molecule has 0 aliphatic carbocycles. The molecule has 114 valence electrons. The van der Waals surface area contributed by atoms with Gasteiger partial charge in [0, 0.05) is 17.7 Å². The van der Waals surface area contributed by atoms with Crippen LogP contribution in [0.3, 0.4) is 0 Å². The fraction of sp³-hybridized carbons (Fsp3) is 0.118. The molecule has 4 nitrogen and oxygen atoms in total. The van der Waals surface area contributed by atoms with Gasteiger partial charge in [0.2, 0.25) is 0 Å². The van der Waals surface area contributed by atoms with Gasteiger partial charge in [0.05, 0.1) is 19.2 Å². The number of benzene rings is 2. The zero-order chi connectivity index (χ0) is 15.9. The van der Waals surface area contributed by atoms with E-state index in [0.717, 1.165) is 5.56 Å². The van der Waals surface area contributed by atoms with Crippen LogP contribution in [-0.2, 0) is 4.79 Å². The first-order valence-corrected chi connectivity index (χ1v) is 6.88. The summed E-state index contributed by atoms with van der Waals surface area (Å²) in [6.07, 6.45) is 2.92. The molecule has 0 heterocycles. The quantitative estimate of drug-likeness (QED) is 0.475. The largest absolute Gasteiger partial charge is 0.497 e. The van der Waals surface area contributed by atoms with Crippen LogP contribution in [0.15, 0.2) is 48.5 Å². The third-order valence-electron chi connectivity index (χ3n) is 2.89. The Labute approximate surface area is 133 Å². The molecule has 2 aromatic rings. The Morgan fingerprint density at radius 3 is 2.50 bits per heavy atom. The molecule has 0 N–H and O–H groups in total. The highest BCUT2D eigenvalue weighted by atomic mass is 35.5. The Hall–Kier alpha value is -2.46. The molecule has 2 rings (SSSR count). The van der Waals surface area contributed by atoms with Crippen LogP contribution in [0.1, 0.15) is 5.56 Å². The number of esters is 1. The number of hydrogen-bond donors (Lipinski definition) is 0. The molecule has 0 radical (unpaired) electrons. The average molecular weight is 319 g/mol. The summed E-state index contributed by atoms with van der Waals surface area (Å²) in [4.78, 5) is 11.8. The first-order chi connectivity index (χ1) is 10.6. The molecule has 2 aromatic carbocycles. The predicted octanol–water partition coefficient (Wildman–Crippen LogP) is 3.98. The van der Waals surface area contributed by atoms with Crippen molar-refractivity contribution in [1.29, 1.82) is 0 Å². The number of rotatable bonds is 5. The number of carbonyl (C=O) groups is 1. The van der Waals surface area contributed by atoms with Crippen molar-refractivity contribution in [2.24, 2.45) is 0 Å². The van der Waals surface area contributed by atoms with E-state index in [4.69, 9.17) is 25.8 Å². The maximum Gasteiger partial charge on any atom is 0.336 e. The van der Waals surface area contributed by atoms with E-state index in [1.807, 2.05) is 0 Å². The summed E-state index contributed by atoms with van der Waals surface area (Å²) in [5.74, 6) is 1.07. The minimum Gasteiger partial charge on any atom is -0.497 e. The van der Waals surface area contributed by atoms with Gasteiger partial charge in [0.25, 0.3) is 0 Å². The number of carbonyl (C=O) groups excluding carboxylic acids is 1. The maximum absolute atomic E-state index is 11.8. The molecule has 0 amide bonds. The van der Waals surface area contributed by atoms with Gasteiger partial charge in [0.15, 0.2) is 0 Å². The Morgan fingerprint density at radius 1 is 1.05 bits per heavy atom. The molecule has 0 saturated heterocycles. The summed E-state index contributed by atoms with van der Waals surface area (Å²) in [5, 5.41) is 0.381. The number of hydrogen-bond acceptors (Lipinski definition) is 4. The van der Waals surface area contributed by atoms with Gasteiger partial charge < -0.3 is 14.2 Å². The first-order valence-electron chi connectivity index (χ1n) is 6.50. The standard InChI is InChI=1S/C17H15ClO4/c1-20-13-9-7-12(16(11-13)21-2)8-10-17(19)22-15-6-4-3-5-14(15)18/h3-11H,1-2H3/b10-8+. The van der Waals surface area contributed by atoms with E-state index in [1.54, 1.807) is 62.8 Å². The van der Waals surface area contributed by atoms with Crippen LogP contribution in [0.25, 0.3) is 6.08 Å². The van der Waals surface area contributed by atoms with Crippen LogP contribution in [0, 0.1) is 0 Å². The summed E-state index contributed by atoms with van der Waals surface area (Å²) < 4.78 is 15.5. The summed E-state index contributed by atoms with van der Waals surface area (Å²) in [6.45, 7) is 0. The molecule has 0 unspecified atom stereocenters. The van der Waals surface area contributed by atoms with E-state index >= 15 is 0 Å². The van der Waals surface area contributed by atoms with Crippen molar-refractivity contribution in [3.05, 3.63) is 59.1 Å². The molecule has 0 atom stereocenters. The second-order valence-corrected chi connectivity index (χ2v) is 4.70. The lowest BCUT2D eigenvalue weighted by molar-refractivity contribution is -0.128. The predicted molar refractivity (Wildman–Crippen MR) is 85.7 cm³/mol. The molecule has 0 aliphatic heterocycles. The van der Waals surface area contributed by atoms with Crippen molar-refractivity contribution in [1.82, 2.24) is 0 Å². The SMILES string of the molecule is COc1ccc(/C=C/C(=O)Oc2ccccc2Cl)c(OC)c1. The van der Waals surface area contributed by atoms with Crippen LogP contribution in [0.4, 0.5) is 0 Å². The van der Waals surface area contributed by atoms with Gasteiger partial charge in [0.1, 0.15) is 17.2 Å². The topological polar surface area (TPSA) is 44.8 Å². The zero-order valence-electron chi connectivity index (χ0n) is 12.2. The minimum atomic E-state index is -0.522. The lowest BCUT2D eigenvalue weighted by Crippen LogP contribution is -2.04. The second kappa shape index (κ2) is 7.52. The maximum atomic E-state index is 11.8. The average Bonchev–Trinajstić information content (AvgIpc) is 2.55. The van der Waals surface area contributed by atoms with E-state index in [9.17, 15) is 4.79 Å². The van der Waals surface area contributed by atoms with Gasteiger partial charge in [-0.3, -0.25) is 0 Å². The van der Waals surface area contributed by atoms with E-state index < -0.39 is 5.97 Å². The van der Waals surface area contributed by atoms with Crippen LogP contribution >= 0.6 is 11.6 Å². The van der Waals surface area contributed by atoms with Crippen molar-refractivity contribution >= 4 is 23.6 Å². The molecular weight excluding hydrogens is 304 g/mol. The second-order valence-electron chi connectivity index (χ2n) is 4.29. The number of halogens is 1. The fourth-order valence-corrected chi connectivity index (χ4v) is 1.96. The fourth-order valence-electron chi connectivity index (χ4n) is 1.78. The van der Waals surface area contributed by atoms with E-state index in [-0.39, 0.29) is 0 Å². The molecular formula is C17H15ClO4. The normalized spacial score (nSPS) is 10.5. The van der Waals surface area contributed by atoms with Crippen molar-refractivity contribution in [2.45, 2.75) is 0 Å². The summed E-state index contributed by atoms with van der Waals surface area (Å²) in [5.41, 5.74) is 0.736. The van der Waals surface area contributed by atoms with Gasteiger partial charge in [-0.1, -0.05) is 23.7 Å². The highest BCUT2D eigenvalue weighted by molar-refractivity contribution is 6.32. The molecule has 0 saturated carbocycles. The van der Waals surface area contributed by atoms with E-state index in [1.165, 1.54) is 6.08 Å². The van der Waals surface area contributed by atoms with E-state index in [0.29, 0.717) is 22.3 Å². The van der Waals surface area contributed by atoms with Crippen LogP contribution in [-0.4, -0.2) is 20.2 Å². The summed E-state index contributed by atoms with van der Waals surface area (Å²) in [7, 11) is 3.12. The van der Waals surface area contributed by atoms with Gasteiger partial charge in [-0.25, -0.2) is 4.79 Å². The third kappa shape index (κ3) is 4.02. The molecule has 0 spiro atoms. The highest BCUT2D eigenvalue weighted by Crippen LogP contribution is 2.26. The van der Waals surface area contributed by atoms with Crippen molar-refractivity contribution in [3.63, 3.8) is 0 Å². The number of para-hydroxylation sites is 1. The number of methoxy groups -OCH3 is 2. The van der Waals surface area contributed by atoms with Crippen molar-refractivity contribution in [3.8, 4) is 17.2 Å². The molecule has 0 aromatic heterocycles. The van der Waals surface area contributed by atoms with Crippen molar-refractivity contribution in [2.75, 3.05) is 14.2 Å². The van der Waals surface area contributed by atoms with Crippen molar-refractivity contribution < 1.29 is 19.0 Å². The molecule has 22 heavy (non-hydrogen) atoms. The van der Waals surface area contributed by atoms with Gasteiger partial charge in [-0.15, -0.1) is 0 Å². The van der Waals surface area contributed by atoms with Gasteiger partial charge >= 0.3 is 5.97 Å². The molecule has 0 fully saturated rings. The van der Waals surface area contributed by atoms with E-state index in [2.05, 4.69) is 0 Å². The highest BCUT2D eigenvalue weighted by Gasteiger charge is 2.06. The van der Waals surface area contributed by atoms with Gasteiger partial charge in [-0.2, -0.15) is 0 Å². The zero-order valence-corrected chi connectivity index (χ0v) is 13.0. The molecule has 0 aliphatic rings. The first kappa shape index (κ1) is 15.9. The van der Waals surface area contributed by atoms with Crippen LogP contribution in [0.5, 0.6) is 17.2 Å². The smallest absolute Gasteiger partial charge is 0.336 e. The van der Waals surface area contributed by atoms with Gasteiger partial charge in [-0.05, 0) is 30.3 Å². The monoisotopic (exact) mass is 318 g/mol. The Kier molecular flexibility index (Phi) is 5.44. The number of ether oxygens (including phenoxy) is 3. The minimum absolute atomic E-state index is 0.320. The lowest BCUT2D eigenvalue weighted by Gasteiger charge is -2.07.